The predicted octanol–water partition coefficient (Wildman–Crippen LogP) is 0.481. The maximum atomic E-state index is 3.94. The van der Waals surface area contributed by atoms with Crippen molar-refractivity contribution in [2.24, 2.45) is 4.99 Å². The van der Waals surface area contributed by atoms with Crippen molar-refractivity contribution in [3.63, 3.8) is 0 Å². The fourth-order valence-corrected chi connectivity index (χ4v) is 0.881. The Bertz CT molecular complexity index is 79.6. The average Bonchev–Trinajstić information content (AvgIpc) is 1.86. The van der Waals surface area contributed by atoms with E-state index in [1.54, 1.807) is 0 Å². The molecule has 1 N–H and O–H groups in total. The van der Waals surface area contributed by atoms with Crippen LogP contribution in [-0.2, 0) is 0 Å². The van der Waals surface area contributed by atoms with Crippen molar-refractivity contribution in [2.75, 3.05) is 6.67 Å². The highest BCUT2D eigenvalue weighted by Crippen LogP contribution is 2.06. The second-order valence-corrected chi connectivity index (χ2v) is 2.45. The summed E-state index contributed by atoms with van der Waals surface area (Å²) in [7, 11) is 0. The smallest absolute Gasteiger partial charge is 0.137 e. The van der Waals surface area contributed by atoms with E-state index in [9.17, 15) is 0 Å². The van der Waals surface area contributed by atoms with Gasteiger partial charge >= 0.3 is 0 Å². The Morgan fingerprint density at radius 3 is 3.00 bits per heavy atom. The SMILES string of the molecule is SC1=NCNS1. The van der Waals surface area contributed by atoms with E-state index < -0.39 is 0 Å². The normalized spacial score (nSPS) is 21.2. The molecule has 0 saturated heterocycles. The van der Waals surface area contributed by atoms with Gasteiger partial charge in [-0.05, 0) is 11.9 Å². The highest BCUT2D eigenvalue weighted by Gasteiger charge is 1.97. The Balaban J connectivity index is 2.45. The molecule has 0 aromatic rings. The molecule has 0 saturated carbocycles. The number of rotatable bonds is 0. The van der Waals surface area contributed by atoms with Crippen LogP contribution in [0.4, 0.5) is 0 Å². The van der Waals surface area contributed by atoms with E-state index in [1.807, 2.05) is 0 Å². The van der Waals surface area contributed by atoms with E-state index in [4.69, 9.17) is 0 Å². The molecule has 1 rings (SSSR count). The Morgan fingerprint density at radius 1 is 2.00 bits per heavy atom. The molecule has 1 heterocycles. The van der Waals surface area contributed by atoms with Crippen LogP contribution in [0.3, 0.4) is 0 Å². The molecule has 34 valence electrons. The molecule has 0 unspecified atom stereocenters. The molecule has 0 amide bonds. The number of hydrogen-bond donors (Lipinski definition) is 2. The molecule has 0 atom stereocenters. The summed E-state index contributed by atoms with van der Waals surface area (Å²) in [4.78, 5) is 3.87. The molecular weight excluding hydrogens is 116 g/mol. The summed E-state index contributed by atoms with van der Waals surface area (Å²) in [6, 6.07) is 0. The topological polar surface area (TPSA) is 24.4 Å². The van der Waals surface area contributed by atoms with Gasteiger partial charge in [0.05, 0.1) is 6.67 Å². The highest BCUT2D eigenvalue weighted by atomic mass is 32.2. The van der Waals surface area contributed by atoms with E-state index in [0.717, 1.165) is 4.38 Å². The van der Waals surface area contributed by atoms with Crippen molar-refractivity contribution in [2.45, 2.75) is 0 Å². The van der Waals surface area contributed by atoms with Gasteiger partial charge < -0.3 is 0 Å². The zero-order chi connectivity index (χ0) is 4.41. The van der Waals surface area contributed by atoms with Crippen LogP contribution in [0.25, 0.3) is 0 Å². The molecule has 0 radical (unpaired) electrons. The van der Waals surface area contributed by atoms with E-state index in [2.05, 4.69) is 22.3 Å². The molecular formula is C2H4N2S2. The number of nitrogens with zero attached hydrogens (tertiary/aromatic N) is 1. The van der Waals surface area contributed by atoms with Crippen molar-refractivity contribution in [3.05, 3.63) is 0 Å². The largest absolute Gasteiger partial charge is 0.254 e. The van der Waals surface area contributed by atoms with Gasteiger partial charge in [-0.1, -0.05) is 0 Å². The average molecular weight is 120 g/mol. The summed E-state index contributed by atoms with van der Waals surface area (Å²) < 4.78 is 3.74. The van der Waals surface area contributed by atoms with Gasteiger partial charge in [-0.2, -0.15) is 0 Å². The minimum atomic E-state index is 0.712. The summed E-state index contributed by atoms with van der Waals surface area (Å²) in [5, 5.41) is 0. The molecule has 1 aliphatic rings. The lowest BCUT2D eigenvalue weighted by Gasteiger charge is -1.77. The van der Waals surface area contributed by atoms with E-state index in [-0.39, 0.29) is 0 Å². The molecule has 6 heavy (non-hydrogen) atoms. The summed E-state index contributed by atoms with van der Waals surface area (Å²) in [5.41, 5.74) is 0. The van der Waals surface area contributed by atoms with Gasteiger partial charge in [0.15, 0.2) is 0 Å². The Morgan fingerprint density at radius 2 is 2.83 bits per heavy atom. The van der Waals surface area contributed by atoms with E-state index in [0.29, 0.717) is 6.67 Å². The molecule has 0 aromatic heterocycles. The number of thiol groups is 1. The second-order valence-electron chi connectivity index (χ2n) is 0.845. The van der Waals surface area contributed by atoms with Gasteiger partial charge in [0, 0.05) is 0 Å². The van der Waals surface area contributed by atoms with Crippen LogP contribution in [0.5, 0.6) is 0 Å². The number of hydrogen-bond acceptors (Lipinski definition) is 3. The summed E-state index contributed by atoms with van der Waals surface area (Å²) in [6.07, 6.45) is 0. The third-order valence-corrected chi connectivity index (χ3v) is 1.44. The fraction of sp³-hybridized carbons (Fsp3) is 0.500. The monoisotopic (exact) mass is 120 g/mol. The third kappa shape index (κ3) is 0.894. The summed E-state index contributed by atoms with van der Waals surface area (Å²) in [6.45, 7) is 0.712. The van der Waals surface area contributed by atoms with Crippen LogP contribution in [0, 0.1) is 0 Å². The third-order valence-electron chi connectivity index (χ3n) is 0.442. The molecule has 0 bridgehead atoms. The van der Waals surface area contributed by atoms with Gasteiger partial charge in [0.25, 0.3) is 0 Å². The van der Waals surface area contributed by atoms with Crippen LogP contribution < -0.4 is 4.72 Å². The minimum absolute atomic E-state index is 0.712. The molecule has 0 aromatic carbocycles. The molecule has 2 nitrogen and oxygen atoms in total. The standard InChI is InChI=1S/C2H4N2S2/c5-2-3-1-4-6-2/h4H,1H2,(H,3,5). The van der Waals surface area contributed by atoms with Crippen molar-refractivity contribution in [1.82, 2.24) is 4.72 Å². The van der Waals surface area contributed by atoms with E-state index in [1.165, 1.54) is 11.9 Å². The quantitative estimate of drug-likeness (QED) is 0.359. The van der Waals surface area contributed by atoms with Crippen LogP contribution in [-0.4, -0.2) is 11.0 Å². The first-order valence-corrected chi connectivity index (χ1v) is 2.79. The Labute approximate surface area is 46.0 Å². The number of aliphatic imine (C=N–C) groups is 1. The van der Waals surface area contributed by atoms with Crippen molar-refractivity contribution < 1.29 is 0 Å². The second kappa shape index (κ2) is 1.86. The predicted molar refractivity (Wildman–Crippen MR) is 32.0 cm³/mol. The van der Waals surface area contributed by atoms with Gasteiger partial charge in [-0.25, -0.2) is 4.72 Å². The van der Waals surface area contributed by atoms with Gasteiger partial charge in [-0.3, -0.25) is 4.99 Å². The molecule has 4 heteroatoms. The maximum absolute atomic E-state index is 3.94. The van der Waals surface area contributed by atoms with Crippen molar-refractivity contribution in [3.8, 4) is 0 Å². The lowest BCUT2D eigenvalue weighted by atomic mass is 11.2. The Hall–Kier alpha value is 0.330. The van der Waals surface area contributed by atoms with Crippen LogP contribution in [0.2, 0.25) is 0 Å². The fourth-order valence-electron chi connectivity index (χ4n) is 0.229. The zero-order valence-corrected chi connectivity index (χ0v) is 4.72. The van der Waals surface area contributed by atoms with Gasteiger partial charge in [0.2, 0.25) is 0 Å². The molecule has 0 aliphatic carbocycles. The van der Waals surface area contributed by atoms with Gasteiger partial charge in [0.1, 0.15) is 4.38 Å². The minimum Gasteiger partial charge on any atom is -0.254 e. The first kappa shape index (κ1) is 4.49. The molecule has 0 spiro atoms. The first-order chi connectivity index (χ1) is 2.89. The lowest BCUT2D eigenvalue weighted by molar-refractivity contribution is 1.02. The lowest BCUT2D eigenvalue weighted by Crippen LogP contribution is -1.93. The van der Waals surface area contributed by atoms with Crippen molar-refractivity contribution in [1.29, 1.82) is 0 Å². The summed E-state index contributed by atoms with van der Waals surface area (Å²) in [5.74, 6) is 0. The van der Waals surface area contributed by atoms with Crippen LogP contribution in [0.15, 0.2) is 4.99 Å². The maximum Gasteiger partial charge on any atom is 0.137 e. The van der Waals surface area contributed by atoms with Gasteiger partial charge in [-0.15, -0.1) is 12.6 Å². The zero-order valence-electron chi connectivity index (χ0n) is 3.01. The molecule has 0 fully saturated rings. The Kier molecular flexibility index (Phi) is 1.39. The summed E-state index contributed by atoms with van der Waals surface area (Å²) >= 11 is 5.40. The van der Waals surface area contributed by atoms with E-state index >= 15 is 0 Å². The van der Waals surface area contributed by atoms with Crippen molar-refractivity contribution >= 4 is 29.0 Å². The highest BCUT2D eigenvalue weighted by molar-refractivity contribution is 8.31. The number of nitrogens with one attached hydrogen (secondary N) is 1. The first-order valence-electron chi connectivity index (χ1n) is 1.53. The molecule has 1 aliphatic heterocycles. The van der Waals surface area contributed by atoms with Crippen LogP contribution in [0.1, 0.15) is 0 Å². The van der Waals surface area contributed by atoms with Crippen LogP contribution >= 0.6 is 24.6 Å².